The maximum absolute atomic E-state index is 12.0. The minimum absolute atomic E-state index is 0.143. The molecular formula is C22H27N5O2. The number of para-hydroxylation sites is 1. The lowest BCUT2D eigenvalue weighted by molar-refractivity contribution is 0.0915. The first-order valence-electron chi connectivity index (χ1n) is 10.1. The molecule has 0 aliphatic heterocycles. The lowest BCUT2D eigenvalue weighted by atomic mass is 9.86. The molecule has 29 heavy (non-hydrogen) atoms. The first-order valence-corrected chi connectivity index (χ1v) is 10.1. The predicted octanol–water partition coefficient (Wildman–Crippen LogP) is 3.69. The van der Waals surface area contributed by atoms with E-state index >= 15 is 0 Å². The van der Waals surface area contributed by atoms with Crippen LogP contribution in [0.4, 0.5) is 11.8 Å². The van der Waals surface area contributed by atoms with Crippen molar-refractivity contribution in [2.24, 2.45) is 5.92 Å². The number of anilines is 2. The van der Waals surface area contributed by atoms with Gasteiger partial charge in [-0.2, -0.15) is 4.98 Å². The molecule has 2 aromatic heterocycles. The van der Waals surface area contributed by atoms with Crippen molar-refractivity contribution in [3.8, 4) is 0 Å². The lowest BCUT2D eigenvalue weighted by Gasteiger charge is -2.29. The van der Waals surface area contributed by atoms with E-state index in [4.69, 9.17) is 14.4 Å². The van der Waals surface area contributed by atoms with Crippen LogP contribution in [0.2, 0.25) is 0 Å². The second-order valence-corrected chi connectivity index (χ2v) is 7.83. The molecule has 7 nitrogen and oxygen atoms in total. The summed E-state index contributed by atoms with van der Waals surface area (Å²) < 4.78 is 5.14. The van der Waals surface area contributed by atoms with Gasteiger partial charge in [0.25, 0.3) is 5.91 Å². The van der Waals surface area contributed by atoms with Crippen molar-refractivity contribution in [3.05, 3.63) is 48.4 Å². The molecule has 0 bridgehead atoms. The second kappa shape index (κ2) is 8.51. The Kier molecular flexibility index (Phi) is 5.64. The smallest absolute Gasteiger partial charge is 0.286 e. The van der Waals surface area contributed by atoms with Crippen LogP contribution < -0.4 is 15.5 Å². The first-order chi connectivity index (χ1) is 14.1. The van der Waals surface area contributed by atoms with Gasteiger partial charge in [0, 0.05) is 32.1 Å². The SMILES string of the molecule is CN(C)c1nc(NC2CCC(CNC(=O)c3ccco3)CC2)nc2ccccc12. The summed E-state index contributed by atoms with van der Waals surface area (Å²) in [4.78, 5) is 23.5. The highest BCUT2D eigenvalue weighted by atomic mass is 16.3. The van der Waals surface area contributed by atoms with Crippen LogP contribution in [0.3, 0.4) is 0 Å². The van der Waals surface area contributed by atoms with Gasteiger partial charge >= 0.3 is 0 Å². The summed E-state index contributed by atoms with van der Waals surface area (Å²) >= 11 is 0. The Morgan fingerprint density at radius 3 is 2.62 bits per heavy atom. The number of rotatable bonds is 6. The van der Waals surface area contributed by atoms with E-state index in [1.165, 1.54) is 6.26 Å². The first kappa shape index (κ1) is 19.2. The summed E-state index contributed by atoms with van der Waals surface area (Å²) in [7, 11) is 4.00. The Labute approximate surface area is 170 Å². The van der Waals surface area contributed by atoms with E-state index in [9.17, 15) is 4.79 Å². The van der Waals surface area contributed by atoms with E-state index in [0.29, 0.717) is 30.2 Å². The number of hydrogen-bond donors (Lipinski definition) is 2. The van der Waals surface area contributed by atoms with Gasteiger partial charge in [0.2, 0.25) is 5.95 Å². The van der Waals surface area contributed by atoms with Gasteiger partial charge in [-0.3, -0.25) is 4.79 Å². The third kappa shape index (κ3) is 4.50. The third-order valence-electron chi connectivity index (χ3n) is 5.48. The molecule has 3 aromatic rings. The van der Waals surface area contributed by atoms with E-state index in [0.717, 1.165) is 42.4 Å². The molecule has 0 unspecified atom stereocenters. The zero-order valence-electron chi connectivity index (χ0n) is 16.9. The van der Waals surface area contributed by atoms with E-state index in [1.54, 1.807) is 12.1 Å². The van der Waals surface area contributed by atoms with Crippen LogP contribution in [0.5, 0.6) is 0 Å². The van der Waals surface area contributed by atoms with E-state index in [1.807, 2.05) is 37.2 Å². The molecular weight excluding hydrogens is 366 g/mol. The number of carbonyl (C=O) groups is 1. The van der Waals surface area contributed by atoms with Gasteiger partial charge in [0.15, 0.2) is 5.76 Å². The number of fused-ring (bicyclic) bond motifs is 1. The zero-order valence-corrected chi connectivity index (χ0v) is 16.9. The molecule has 152 valence electrons. The van der Waals surface area contributed by atoms with Gasteiger partial charge in [0.05, 0.1) is 11.8 Å². The Morgan fingerprint density at radius 2 is 1.90 bits per heavy atom. The average molecular weight is 393 g/mol. The molecule has 1 amide bonds. The summed E-state index contributed by atoms with van der Waals surface area (Å²) in [5, 5.41) is 7.56. The molecule has 1 aliphatic carbocycles. The largest absolute Gasteiger partial charge is 0.459 e. The van der Waals surface area contributed by atoms with Crippen LogP contribution in [-0.4, -0.2) is 42.6 Å². The molecule has 1 aromatic carbocycles. The Bertz CT molecular complexity index is 963. The fourth-order valence-corrected chi connectivity index (χ4v) is 3.89. The van der Waals surface area contributed by atoms with Gasteiger partial charge in [-0.25, -0.2) is 4.98 Å². The Balaban J connectivity index is 1.33. The molecule has 0 atom stereocenters. The Morgan fingerprint density at radius 1 is 1.10 bits per heavy atom. The Hall–Kier alpha value is -3.09. The quantitative estimate of drug-likeness (QED) is 0.665. The van der Waals surface area contributed by atoms with Crippen LogP contribution in [0, 0.1) is 5.92 Å². The number of amides is 1. The molecule has 0 spiro atoms. The second-order valence-electron chi connectivity index (χ2n) is 7.83. The molecule has 1 aliphatic rings. The highest BCUT2D eigenvalue weighted by molar-refractivity contribution is 5.91. The molecule has 2 N–H and O–H groups in total. The summed E-state index contributed by atoms with van der Waals surface area (Å²) in [6, 6.07) is 11.8. The number of hydrogen-bond acceptors (Lipinski definition) is 6. The molecule has 1 saturated carbocycles. The van der Waals surface area contributed by atoms with Crippen LogP contribution in [0.25, 0.3) is 10.9 Å². The summed E-state index contributed by atoms with van der Waals surface area (Å²) in [6.45, 7) is 0.684. The van der Waals surface area contributed by atoms with E-state index in [2.05, 4.69) is 16.7 Å². The normalized spacial score (nSPS) is 19.1. The fraction of sp³-hybridized carbons (Fsp3) is 0.409. The number of nitrogens with one attached hydrogen (secondary N) is 2. The van der Waals surface area contributed by atoms with Crippen molar-refractivity contribution < 1.29 is 9.21 Å². The maximum atomic E-state index is 12.0. The molecule has 7 heteroatoms. The van der Waals surface area contributed by atoms with E-state index < -0.39 is 0 Å². The highest BCUT2D eigenvalue weighted by Crippen LogP contribution is 2.28. The van der Waals surface area contributed by atoms with Gasteiger partial charge in [-0.05, 0) is 55.9 Å². The summed E-state index contributed by atoms with van der Waals surface area (Å²) in [5.74, 6) is 2.32. The number of aromatic nitrogens is 2. The van der Waals surface area contributed by atoms with Crippen LogP contribution >= 0.6 is 0 Å². The zero-order chi connectivity index (χ0) is 20.2. The number of nitrogens with zero attached hydrogens (tertiary/aromatic N) is 3. The molecule has 2 heterocycles. The fourth-order valence-electron chi connectivity index (χ4n) is 3.89. The number of benzene rings is 1. The van der Waals surface area contributed by atoms with Gasteiger partial charge in [-0.15, -0.1) is 0 Å². The lowest BCUT2D eigenvalue weighted by Crippen LogP contribution is -2.34. The third-order valence-corrected chi connectivity index (χ3v) is 5.48. The number of carbonyl (C=O) groups excluding carboxylic acids is 1. The van der Waals surface area contributed by atoms with Crippen LogP contribution in [0.1, 0.15) is 36.2 Å². The monoisotopic (exact) mass is 393 g/mol. The van der Waals surface area contributed by atoms with Gasteiger partial charge in [0.1, 0.15) is 5.82 Å². The standard InChI is InChI=1S/C22H27N5O2/c1-27(2)20-17-6-3-4-7-18(17)25-22(26-20)24-16-11-9-15(10-12-16)14-23-21(28)19-8-5-13-29-19/h3-8,13,15-16H,9-12,14H2,1-2H3,(H,23,28)(H,24,25,26). The van der Waals surface area contributed by atoms with Crippen LogP contribution in [-0.2, 0) is 0 Å². The predicted molar refractivity (Wildman–Crippen MR) is 114 cm³/mol. The molecule has 4 rings (SSSR count). The maximum Gasteiger partial charge on any atom is 0.286 e. The van der Waals surface area contributed by atoms with Crippen molar-refractivity contribution in [1.29, 1.82) is 0 Å². The highest BCUT2D eigenvalue weighted by Gasteiger charge is 2.23. The molecule has 0 saturated heterocycles. The van der Waals surface area contributed by atoms with Crippen molar-refractivity contribution >= 4 is 28.6 Å². The summed E-state index contributed by atoms with van der Waals surface area (Å²) in [5.41, 5.74) is 0.947. The van der Waals surface area contributed by atoms with Crippen molar-refractivity contribution in [1.82, 2.24) is 15.3 Å². The summed E-state index contributed by atoms with van der Waals surface area (Å²) in [6.07, 6.45) is 5.71. The number of furan rings is 1. The van der Waals surface area contributed by atoms with Crippen molar-refractivity contribution in [3.63, 3.8) is 0 Å². The van der Waals surface area contributed by atoms with Gasteiger partial charge < -0.3 is 20.0 Å². The van der Waals surface area contributed by atoms with Crippen molar-refractivity contribution in [2.75, 3.05) is 30.9 Å². The minimum Gasteiger partial charge on any atom is -0.459 e. The van der Waals surface area contributed by atoms with Gasteiger partial charge in [-0.1, -0.05) is 12.1 Å². The molecule has 1 fully saturated rings. The molecule has 0 radical (unpaired) electrons. The van der Waals surface area contributed by atoms with E-state index in [-0.39, 0.29) is 5.91 Å². The van der Waals surface area contributed by atoms with Crippen molar-refractivity contribution in [2.45, 2.75) is 31.7 Å². The minimum atomic E-state index is -0.143. The topological polar surface area (TPSA) is 83.3 Å². The average Bonchev–Trinajstić information content (AvgIpc) is 3.27. The van der Waals surface area contributed by atoms with Crippen LogP contribution in [0.15, 0.2) is 47.1 Å².